The van der Waals surface area contributed by atoms with Crippen LogP contribution in [0.1, 0.15) is 57.0 Å². The predicted molar refractivity (Wildman–Crippen MR) is 110 cm³/mol. The van der Waals surface area contributed by atoms with Crippen LogP contribution in [-0.2, 0) is 16.6 Å². The summed E-state index contributed by atoms with van der Waals surface area (Å²) in [6, 6.07) is 16.8. The molecule has 1 saturated carbocycles. The van der Waals surface area contributed by atoms with Crippen LogP contribution in [0, 0.1) is 13.8 Å². The first-order valence-corrected chi connectivity index (χ1v) is 11.3. The molecule has 4 rings (SSSR count). The third-order valence-corrected chi connectivity index (χ3v) is 7.52. The molecular weight excluding hydrogens is 358 g/mol. The summed E-state index contributed by atoms with van der Waals surface area (Å²) in [5, 5.41) is 3.19. The second kappa shape index (κ2) is 7.45. The fourth-order valence-electron chi connectivity index (χ4n) is 3.11. The maximum Gasteiger partial charge on any atom is 0.0959 e. The van der Waals surface area contributed by atoms with Gasteiger partial charge in [0.1, 0.15) is 0 Å². The zero-order valence-corrected chi connectivity index (χ0v) is 16.8. The van der Waals surface area contributed by atoms with Crippen molar-refractivity contribution in [3.8, 4) is 0 Å². The fourth-order valence-corrected chi connectivity index (χ4v) is 5.74. The molecule has 1 atom stereocenters. The summed E-state index contributed by atoms with van der Waals surface area (Å²) >= 11 is 1.72. The molecular formula is C22H23NOS2. The van der Waals surface area contributed by atoms with Gasteiger partial charge in [0.05, 0.1) is 21.7 Å². The highest BCUT2D eigenvalue weighted by molar-refractivity contribution is 7.84. The molecule has 1 heterocycles. The lowest BCUT2D eigenvalue weighted by Crippen LogP contribution is -2.11. The van der Waals surface area contributed by atoms with Gasteiger partial charge in [0.2, 0.25) is 0 Å². The molecule has 1 unspecified atom stereocenters. The summed E-state index contributed by atoms with van der Waals surface area (Å²) in [5.41, 5.74) is 5.62. The van der Waals surface area contributed by atoms with Crippen molar-refractivity contribution in [3.05, 3.63) is 86.9 Å². The largest absolute Gasteiger partial charge is 0.258 e. The molecule has 0 saturated heterocycles. The van der Waals surface area contributed by atoms with Gasteiger partial charge < -0.3 is 0 Å². The van der Waals surface area contributed by atoms with E-state index >= 15 is 0 Å². The van der Waals surface area contributed by atoms with E-state index in [1.54, 1.807) is 11.3 Å². The van der Waals surface area contributed by atoms with Crippen molar-refractivity contribution < 1.29 is 4.21 Å². The molecule has 1 aliphatic rings. The third-order valence-electron chi connectivity index (χ3n) is 4.81. The first kappa shape index (κ1) is 17.6. The second-order valence-corrected chi connectivity index (χ2v) is 9.59. The SMILES string of the molecule is Cc1ccc(C(c2ccc(C)cc2)S(=O)Cc2csc(C3CC3)n2)cc1. The lowest BCUT2D eigenvalue weighted by Gasteiger charge is -2.18. The Kier molecular flexibility index (Phi) is 5.05. The highest BCUT2D eigenvalue weighted by Crippen LogP contribution is 2.41. The molecule has 2 nitrogen and oxygen atoms in total. The maximum absolute atomic E-state index is 13.4. The molecule has 3 aromatic rings. The van der Waals surface area contributed by atoms with Gasteiger partial charge in [-0.05, 0) is 37.8 Å². The summed E-state index contributed by atoms with van der Waals surface area (Å²) in [5.74, 6) is 1.17. The fraction of sp³-hybridized carbons (Fsp3) is 0.318. The van der Waals surface area contributed by atoms with Gasteiger partial charge in [0.25, 0.3) is 0 Å². The van der Waals surface area contributed by atoms with Crippen molar-refractivity contribution in [2.75, 3.05) is 0 Å². The normalized spacial score (nSPS) is 15.3. The Bertz CT molecular complexity index is 863. The zero-order valence-electron chi connectivity index (χ0n) is 15.1. The molecule has 0 radical (unpaired) electrons. The van der Waals surface area contributed by atoms with Crippen LogP contribution in [0.15, 0.2) is 53.9 Å². The molecule has 134 valence electrons. The number of hydrogen-bond donors (Lipinski definition) is 0. The molecule has 0 aliphatic heterocycles. The lowest BCUT2D eigenvalue weighted by atomic mass is 10.0. The summed E-state index contributed by atoms with van der Waals surface area (Å²) in [7, 11) is -1.06. The second-order valence-electron chi connectivity index (χ2n) is 7.18. The average Bonchev–Trinajstić information content (AvgIpc) is 3.38. The average molecular weight is 382 g/mol. The first-order valence-electron chi connectivity index (χ1n) is 9.05. The minimum absolute atomic E-state index is 0.123. The molecule has 0 N–H and O–H groups in total. The molecule has 0 bridgehead atoms. The Morgan fingerprint density at radius 2 is 1.54 bits per heavy atom. The van der Waals surface area contributed by atoms with Crippen LogP contribution < -0.4 is 0 Å². The van der Waals surface area contributed by atoms with Crippen molar-refractivity contribution in [2.45, 2.75) is 43.6 Å². The van der Waals surface area contributed by atoms with E-state index in [0.29, 0.717) is 11.7 Å². The van der Waals surface area contributed by atoms with Crippen LogP contribution in [0.2, 0.25) is 0 Å². The molecule has 1 fully saturated rings. The van der Waals surface area contributed by atoms with E-state index in [1.807, 2.05) is 0 Å². The molecule has 0 spiro atoms. The Hall–Kier alpha value is -1.78. The standard InChI is InChI=1S/C22H23NOS2/c1-15-3-7-17(8-4-15)21(18-9-5-16(2)6-10-18)26(24)14-20-13-25-22(23-20)19-11-12-19/h3-10,13,19,21H,11-12,14H2,1-2H3. The topological polar surface area (TPSA) is 30.0 Å². The summed E-state index contributed by atoms with van der Waals surface area (Å²) < 4.78 is 13.4. The van der Waals surface area contributed by atoms with Crippen LogP contribution in [0.25, 0.3) is 0 Å². The zero-order chi connectivity index (χ0) is 18.1. The van der Waals surface area contributed by atoms with Crippen LogP contribution >= 0.6 is 11.3 Å². The number of thiazole rings is 1. The van der Waals surface area contributed by atoms with E-state index in [4.69, 9.17) is 4.98 Å². The third kappa shape index (κ3) is 3.97. The van der Waals surface area contributed by atoms with Crippen molar-refractivity contribution in [2.24, 2.45) is 0 Å². The van der Waals surface area contributed by atoms with Crippen molar-refractivity contribution >= 4 is 22.1 Å². The summed E-state index contributed by atoms with van der Waals surface area (Å²) in [6.45, 7) is 4.16. The van der Waals surface area contributed by atoms with Gasteiger partial charge in [0.15, 0.2) is 0 Å². The number of hydrogen-bond acceptors (Lipinski definition) is 3. The number of aromatic nitrogens is 1. The van der Waals surface area contributed by atoms with Gasteiger partial charge in [-0.2, -0.15) is 0 Å². The van der Waals surface area contributed by atoms with Crippen LogP contribution in [0.3, 0.4) is 0 Å². The lowest BCUT2D eigenvalue weighted by molar-refractivity contribution is 0.677. The Labute approximate surface area is 161 Å². The monoisotopic (exact) mass is 381 g/mol. The van der Waals surface area contributed by atoms with Crippen LogP contribution in [0.5, 0.6) is 0 Å². The molecule has 0 amide bonds. The van der Waals surface area contributed by atoms with Crippen molar-refractivity contribution in [1.29, 1.82) is 0 Å². The predicted octanol–water partition coefficient (Wildman–Crippen LogP) is 5.68. The summed E-state index contributed by atoms with van der Waals surface area (Å²) in [4.78, 5) is 4.74. The number of benzene rings is 2. The number of nitrogens with zero attached hydrogens (tertiary/aromatic N) is 1. The Morgan fingerprint density at radius 1 is 1.00 bits per heavy atom. The quantitative estimate of drug-likeness (QED) is 0.550. The highest BCUT2D eigenvalue weighted by atomic mass is 32.2. The number of rotatable bonds is 6. The van der Waals surface area contributed by atoms with Gasteiger partial charge in [-0.3, -0.25) is 4.21 Å². The minimum atomic E-state index is -1.06. The van der Waals surface area contributed by atoms with Gasteiger partial charge >= 0.3 is 0 Å². The molecule has 1 aliphatic carbocycles. The van der Waals surface area contributed by atoms with Gasteiger partial charge in [-0.15, -0.1) is 11.3 Å². The van der Waals surface area contributed by atoms with E-state index in [0.717, 1.165) is 16.8 Å². The van der Waals surface area contributed by atoms with Crippen LogP contribution in [0.4, 0.5) is 0 Å². The Morgan fingerprint density at radius 3 is 2.04 bits per heavy atom. The van der Waals surface area contributed by atoms with Gasteiger partial charge in [0, 0.05) is 22.1 Å². The van der Waals surface area contributed by atoms with E-state index in [1.165, 1.54) is 29.0 Å². The highest BCUT2D eigenvalue weighted by Gasteiger charge is 2.28. The van der Waals surface area contributed by atoms with E-state index in [-0.39, 0.29) is 5.25 Å². The molecule has 4 heteroatoms. The van der Waals surface area contributed by atoms with E-state index < -0.39 is 10.8 Å². The van der Waals surface area contributed by atoms with E-state index in [2.05, 4.69) is 67.8 Å². The van der Waals surface area contributed by atoms with Gasteiger partial charge in [-0.1, -0.05) is 59.7 Å². The molecule has 1 aromatic heterocycles. The maximum atomic E-state index is 13.4. The Balaban J connectivity index is 1.63. The number of aryl methyl sites for hydroxylation is 2. The minimum Gasteiger partial charge on any atom is -0.258 e. The van der Waals surface area contributed by atoms with Crippen LogP contribution in [-0.4, -0.2) is 9.19 Å². The molecule has 2 aromatic carbocycles. The molecule has 26 heavy (non-hydrogen) atoms. The van der Waals surface area contributed by atoms with E-state index in [9.17, 15) is 4.21 Å². The van der Waals surface area contributed by atoms with Crippen molar-refractivity contribution in [3.63, 3.8) is 0 Å². The smallest absolute Gasteiger partial charge is 0.0959 e. The first-order chi connectivity index (χ1) is 12.6. The van der Waals surface area contributed by atoms with Gasteiger partial charge in [-0.25, -0.2) is 4.98 Å². The van der Waals surface area contributed by atoms with Crippen molar-refractivity contribution in [1.82, 2.24) is 4.98 Å². The summed E-state index contributed by atoms with van der Waals surface area (Å²) in [6.07, 6.45) is 2.51.